The monoisotopic (exact) mass is 388 g/mol. The lowest BCUT2D eigenvalue weighted by Crippen LogP contribution is -2.39. The molecule has 0 amide bonds. The van der Waals surface area contributed by atoms with Crippen LogP contribution in [0.15, 0.2) is 15.8 Å². The minimum atomic E-state index is -1.35. The lowest BCUT2D eigenvalue weighted by molar-refractivity contribution is -0.139. The Bertz CT molecular complexity index is 825. The molecule has 2 rings (SSSR count). The topological polar surface area (TPSA) is 131 Å². The summed E-state index contributed by atoms with van der Waals surface area (Å²) in [5.74, 6) is -0.645. The molecule has 1 aromatic heterocycles. The number of rotatable bonds is 6. The van der Waals surface area contributed by atoms with Gasteiger partial charge in [0.25, 0.3) is 5.56 Å². The second-order valence-electron chi connectivity index (χ2n) is 7.07. The van der Waals surface area contributed by atoms with Crippen LogP contribution in [0.5, 0.6) is 0 Å². The lowest BCUT2D eigenvalue weighted by atomic mass is 10.1. The highest BCUT2D eigenvalue weighted by Gasteiger charge is 2.44. The number of hydrogen-bond acceptors (Lipinski definition) is 7. The molecule has 0 aromatic carbocycles. The Kier molecular flexibility index (Phi) is 6.29. The summed E-state index contributed by atoms with van der Waals surface area (Å²) >= 11 is 0. The number of aromatic nitrogens is 2. The Balaban J connectivity index is 2.28. The number of carbonyl (C=O) groups is 1. The largest absolute Gasteiger partial charge is 0.469 e. The molecule has 9 nitrogen and oxygen atoms in total. The van der Waals surface area contributed by atoms with Crippen LogP contribution in [0.25, 0.3) is 0 Å². The maximum atomic E-state index is 12.1. The average Bonchev–Trinajstić information content (AvgIpc) is 2.82. The SMILES string of the molecule is C=P(C)(C)CC[C@H]1O[C@@H](n2cc(CC(=O)OC)c(=O)[nH]c2=O)[C@H](O)[C@@H]1O. The summed E-state index contributed by atoms with van der Waals surface area (Å²) < 4.78 is 11.2. The van der Waals surface area contributed by atoms with Crippen molar-refractivity contribution in [3.8, 4) is 0 Å². The number of ether oxygens (including phenoxy) is 2. The van der Waals surface area contributed by atoms with Crippen LogP contribution >= 0.6 is 6.89 Å². The maximum Gasteiger partial charge on any atom is 0.330 e. The van der Waals surface area contributed by atoms with Crippen molar-refractivity contribution in [3.63, 3.8) is 0 Å². The van der Waals surface area contributed by atoms with Gasteiger partial charge < -0.3 is 19.7 Å². The van der Waals surface area contributed by atoms with Gasteiger partial charge in [0.2, 0.25) is 0 Å². The van der Waals surface area contributed by atoms with E-state index in [0.717, 1.165) is 16.9 Å². The second-order valence-corrected chi connectivity index (χ2v) is 11.4. The smallest absolute Gasteiger partial charge is 0.330 e. The summed E-state index contributed by atoms with van der Waals surface area (Å²) in [6, 6.07) is 0. The third-order valence-corrected chi connectivity index (χ3v) is 5.70. The number of hydrogen-bond donors (Lipinski definition) is 3. The third-order valence-electron chi connectivity index (χ3n) is 4.23. The average molecular weight is 388 g/mol. The summed E-state index contributed by atoms with van der Waals surface area (Å²) in [7, 11) is 1.18. The van der Waals surface area contributed by atoms with Gasteiger partial charge in [-0.05, 0) is 25.9 Å². The highest BCUT2D eigenvalue weighted by atomic mass is 31.2. The molecule has 0 bridgehead atoms. The first-order valence-electron chi connectivity index (χ1n) is 8.13. The Morgan fingerprint density at radius 3 is 2.62 bits per heavy atom. The van der Waals surface area contributed by atoms with E-state index in [9.17, 15) is 24.6 Å². The van der Waals surface area contributed by atoms with E-state index < -0.39 is 48.6 Å². The van der Waals surface area contributed by atoms with Crippen LogP contribution in [0.2, 0.25) is 0 Å². The van der Waals surface area contributed by atoms with Crippen LogP contribution in [0.4, 0.5) is 0 Å². The van der Waals surface area contributed by atoms with Crippen molar-refractivity contribution in [2.45, 2.75) is 37.4 Å². The number of nitrogens with one attached hydrogen (secondary N) is 1. The Morgan fingerprint density at radius 2 is 2.04 bits per heavy atom. The Hall–Kier alpha value is -1.67. The summed E-state index contributed by atoms with van der Waals surface area (Å²) in [6.07, 6.45) is 1.82. The van der Waals surface area contributed by atoms with Crippen molar-refractivity contribution in [1.82, 2.24) is 9.55 Å². The van der Waals surface area contributed by atoms with Crippen molar-refractivity contribution < 1.29 is 24.5 Å². The van der Waals surface area contributed by atoms with E-state index >= 15 is 0 Å². The van der Waals surface area contributed by atoms with Gasteiger partial charge in [-0.15, -0.1) is 13.2 Å². The first-order chi connectivity index (χ1) is 12.0. The van der Waals surface area contributed by atoms with Gasteiger partial charge in [0, 0.05) is 11.8 Å². The molecule has 1 aliphatic rings. The summed E-state index contributed by atoms with van der Waals surface area (Å²) in [6.45, 7) is 2.76. The molecule has 1 fully saturated rings. The van der Waals surface area contributed by atoms with E-state index in [1.54, 1.807) is 0 Å². The van der Waals surface area contributed by atoms with Crippen molar-refractivity contribution in [1.29, 1.82) is 0 Å². The number of carbonyl (C=O) groups excluding carboxylic acids is 1. The predicted octanol–water partition coefficient (Wildman–Crippen LogP) is -1.03. The number of H-pyrrole nitrogens is 1. The van der Waals surface area contributed by atoms with Gasteiger partial charge in [-0.3, -0.25) is 19.1 Å². The fourth-order valence-corrected chi connectivity index (χ4v) is 3.70. The van der Waals surface area contributed by atoms with Gasteiger partial charge >= 0.3 is 11.7 Å². The summed E-state index contributed by atoms with van der Waals surface area (Å²) in [5, 5.41) is 20.5. The number of nitrogens with zero attached hydrogens (tertiary/aromatic N) is 1. The normalized spacial score (nSPS) is 26.0. The zero-order chi connectivity index (χ0) is 19.6. The molecule has 0 unspecified atom stereocenters. The van der Waals surface area contributed by atoms with E-state index in [1.165, 1.54) is 7.11 Å². The quantitative estimate of drug-likeness (QED) is 0.420. The molecule has 10 heteroatoms. The fourth-order valence-electron chi connectivity index (χ4n) is 2.74. The summed E-state index contributed by atoms with van der Waals surface area (Å²) in [5.41, 5.74) is -1.52. The van der Waals surface area contributed by atoms with Crippen molar-refractivity contribution >= 4 is 19.2 Å². The number of aliphatic hydroxyl groups is 2. The van der Waals surface area contributed by atoms with Gasteiger partial charge in [-0.2, -0.15) is 0 Å². The van der Waals surface area contributed by atoms with Crippen LogP contribution in [-0.4, -0.2) is 76.9 Å². The van der Waals surface area contributed by atoms with Gasteiger partial charge in [-0.1, -0.05) is 0 Å². The first kappa shape index (κ1) is 20.6. The molecular formula is C16H25N2O7P. The van der Waals surface area contributed by atoms with Gasteiger partial charge in [0.1, 0.15) is 12.2 Å². The van der Waals surface area contributed by atoms with Crippen molar-refractivity contribution in [2.24, 2.45) is 0 Å². The number of esters is 1. The Morgan fingerprint density at radius 1 is 1.38 bits per heavy atom. The fraction of sp³-hybridized carbons (Fsp3) is 0.625. The molecule has 0 spiro atoms. The Labute approximate surface area is 150 Å². The first-order valence-corrected chi connectivity index (χ1v) is 11.2. The zero-order valence-corrected chi connectivity index (χ0v) is 15.9. The van der Waals surface area contributed by atoms with Gasteiger partial charge in [0.05, 0.1) is 19.6 Å². The molecule has 1 aliphatic heterocycles. The molecule has 0 aliphatic carbocycles. The third kappa shape index (κ3) is 4.73. The number of methoxy groups -OCH3 is 1. The van der Waals surface area contributed by atoms with E-state index in [2.05, 4.69) is 16.0 Å². The molecule has 0 radical (unpaired) electrons. The van der Waals surface area contributed by atoms with Gasteiger partial charge in [-0.25, -0.2) is 4.79 Å². The minimum absolute atomic E-state index is 0.00462. The van der Waals surface area contributed by atoms with E-state index in [1.807, 2.05) is 13.3 Å². The molecule has 4 atom stereocenters. The highest BCUT2D eigenvalue weighted by molar-refractivity contribution is 7.72. The second kappa shape index (κ2) is 7.92. The molecular weight excluding hydrogens is 363 g/mol. The standard InChI is InChI=1S/C16H25N2O7P/c1-24-11(19)7-9-8-18(16(23)17-14(9)22)15-13(21)12(20)10(25-15)5-6-26(2,3)4/h8,10,12-13,15,20-21H,2,5-7H2,1,3-4H3,(H,17,22,23)/t10-,12-,13-,15-/m1/s1. The lowest BCUT2D eigenvalue weighted by Gasteiger charge is -2.19. The number of aliphatic hydroxyl groups excluding tert-OH is 2. The molecule has 146 valence electrons. The van der Waals surface area contributed by atoms with Gasteiger partial charge in [0.15, 0.2) is 6.23 Å². The van der Waals surface area contributed by atoms with Crippen molar-refractivity contribution in [3.05, 3.63) is 32.6 Å². The minimum Gasteiger partial charge on any atom is -0.469 e. The van der Waals surface area contributed by atoms with Crippen LogP contribution in [-0.2, 0) is 20.7 Å². The molecule has 26 heavy (non-hydrogen) atoms. The van der Waals surface area contributed by atoms with Crippen LogP contribution in [0, 0.1) is 0 Å². The summed E-state index contributed by atoms with van der Waals surface area (Å²) in [4.78, 5) is 37.5. The number of aromatic amines is 1. The zero-order valence-electron chi connectivity index (χ0n) is 15.0. The maximum absolute atomic E-state index is 12.1. The van der Waals surface area contributed by atoms with Crippen LogP contribution in [0.3, 0.4) is 0 Å². The van der Waals surface area contributed by atoms with E-state index in [4.69, 9.17) is 4.74 Å². The van der Waals surface area contributed by atoms with E-state index in [-0.39, 0.29) is 12.0 Å². The molecule has 0 saturated carbocycles. The molecule has 1 aromatic rings. The van der Waals surface area contributed by atoms with Crippen LogP contribution in [0.1, 0.15) is 18.2 Å². The highest BCUT2D eigenvalue weighted by Crippen LogP contribution is 2.39. The van der Waals surface area contributed by atoms with Crippen LogP contribution < -0.4 is 11.2 Å². The predicted molar refractivity (Wildman–Crippen MR) is 98.3 cm³/mol. The molecule has 2 heterocycles. The molecule has 3 N–H and O–H groups in total. The van der Waals surface area contributed by atoms with Crippen molar-refractivity contribution in [2.75, 3.05) is 26.6 Å². The molecule has 1 saturated heterocycles. The van der Waals surface area contributed by atoms with E-state index in [0.29, 0.717) is 6.42 Å².